The second-order valence-electron chi connectivity index (χ2n) is 6.45. The second kappa shape index (κ2) is 8.75. The molecule has 1 aliphatic rings. The van der Waals surface area contributed by atoms with Gasteiger partial charge in [-0.3, -0.25) is 14.5 Å². The predicted octanol–water partition coefficient (Wildman–Crippen LogP) is 4.83. The summed E-state index contributed by atoms with van der Waals surface area (Å²) in [7, 11) is 1.22. The highest BCUT2D eigenvalue weighted by Gasteiger charge is 2.37. The summed E-state index contributed by atoms with van der Waals surface area (Å²) in [5.41, 5.74) is 0.766. The monoisotopic (exact) mass is 450 g/mol. The zero-order valence-corrected chi connectivity index (χ0v) is 17.8. The molecule has 2 amide bonds. The van der Waals surface area contributed by atoms with Crippen molar-refractivity contribution in [3.63, 3.8) is 0 Å². The molecule has 1 heterocycles. The van der Waals surface area contributed by atoms with E-state index in [9.17, 15) is 14.4 Å². The lowest BCUT2D eigenvalue weighted by Gasteiger charge is -2.16. The molecular weight excluding hydrogens is 436 g/mol. The molecule has 0 aromatic heterocycles. The van der Waals surface area contributed by atoms with E-state index in [1.165, 1.54) is 12.0 Å². The number of para-hydroxylation sites is 1. The maximum atomic E-state index is 13.1. The Hall–Kier alpha value is -3.42. The summed E-state index contributed by atoms with van der Waals surface area (Å²) >= 11 is 7.20. The van der Waals surface area contributed by atoms with Crippen LogP contribution in [0.15, 0.2) is 82.7 Å². The number of nitrogens with zero attached hydrogens (tertiary/aromatic N) is 2. The van der Waals surface area contributed by atoms with E-state index in [2.05, 4.69) is 9.73 Å². The van der Waals surface area contributed by atoms with Gasteiger partial charge in [-0.05, 0) is 40.7 Å². The van der Waals surface area contributed by atoms with Crippen LogP contribution in [0, 0.1) is 0 Å². The molecule has 8 heteroatoms. The molecule has 0 bridgehead atoms. The average molecular weight is 451 g/mol. The van der Waals surface area contributed by atoms with Gasteiger partial charge < -0.3 is 4.74 Å². The standard InChI is InChI=1S/C23H15ClN2O4S/c1-30-20(27)13-19-22(29)26(18-12-5-4-11-17(18)24)23(31-19)25-21(28)16-10-6-8-14-7-2-3-9-15(14)16/h2-13H,1H3/b19-13-,25-23?. The lowest BCUT2D eigenvalue weighted by Crippen LogP contribution is -2.29. The Morgan fingerprint density at radius 3 is 2.52 bits per heavy atom. The summed E-state index contributed by atoms with van der Waals surface area (Å²) in [4.78, 5) is 43.3. The number of esters is 1. The van der Waals surface area contributed by atoms with E-state index in [1.54, 1.807) is 36.4 Å². The summed E-state index contributed by atoms with van der Waals surface area (Å²) in [5, 5.41) is 2.06. The van der Waals surface area contributed by atoms with Crippen LogP contribution in [0.25, 0.3) is 10.8 Å². The molecular formula is C23H15ClN2O4S. The number of fused-ring (bicyclic) bond motifs is 1. The van der Waals surface area contributed by atoms with Crippen molar-refractivity contribution < 1.29 is 19.1 Å². The third-order valence-corrected chi connectivity index (χ3v) is 5.86. The van der Waals surface area contributed by atoms with Crippen LogP contribution >= 0.6 is 23.4 Å². The minimum absolute atomic E-state index is 0.0799. The summed E-state index contributed by atoms with van der Waals surface area (Å²) in [6.07, 6.45) is 1.07. The number of ether oxygens (including phenoxy) is 1. The van der Waals surface area contributed by atoms with Gasteiger partial charge in [-0.1, -0.05) is 60.1 Å². The molecule has 3 aromatic carbocycles. The average Bonchev–Trinajstić information content (AvgIpc) is 3.07. The van der Waals surface area contributed by atoms with Crippen LogP contribution in [0.1, 0.15) is 10.4 Å². The highest BCUT2D eigenvalue weighted by molar-refractivity contribution is 8.19. The molecule has 0 atom stereocenters. The molecule has 0 unspecified atom stereocenters. The summed E-state index contributed by atoms with van der Waals surface area (Å²) in [6, 6.07) is 19.5. The zero-order valence-electron chi connectivity index (χ0n) is 16.2. The van der Waals surface area contributed by atoms with E-state index in [0.717, 1.165) is 28.6 Å². The van der Waals surface area contributed by atoms with Gasteiger partial charge in [0.15, 0.2) is 5.17 Å². The zero-order chi connectivity index (χ0) is 22.0. The fourth-order valence-electron chi connectivity index (χ4n) is 3.12. The third-order valence-electron chi connectivity index (χ3n) is 4.57. The Kier molecular flexibility index (Phi) is 5.88. The number of methoxy groups -OCH3 is 1. The number of amides is 2. The molecule has 0 spiro atoms. The first-order valence-corrected chi connectivity index (χ1v) is 10.4. The lowest BCUT2D eigenvalue weighted by atomic mass is 10.0. The topological polar surface area (TPSA) is 76.0 Å². The number of carbonyl (C=O) groups excluding carboxylic acids is 3. The maximum Gasteiger partial charge on any atom is 0.331 e. The predicted molar refractivity (Wildman–Crippen MR) is 122 cm³/mol. The Morgan fingerprint density at radius 1 is 1.03 bits per heavy atom. The first-order chi connectivity index (χ1) is 15.0. The van der Waals surface area contributed by atoms with Crippen molar-refractivity contribution >= 4 is 62.8 Å². The first kappa shape index (κ1) is 20.8. The van der Waals surface area contributed by atoms with Gasteiger partial charge in [0.1, 0.15) is 0 Å². The van der Waals surface area contributed by atoms with Gasteiger partial charge in [0, 0.05) is 11.6 Å². The quantitative estimate of drug-likeness (QED) is 0.422. The number of benzene rings is 3. The first-order valence-electron chi connectivity index (χ1n) is 9.17. The minimum Gasteiger partial charge on any atom is -0.466 e. The number of thioether (sulfide) groups is 1. The van der Waals surface area contributed by atoms with Gasteiger partial charge in [0.05, 0.1) is 22.7 Å². The number of amidine groups is 1. The van der Waals surface area contributed by atoms with Crippen molar-refractivity contribution in [1.82, 2.24) is 0 Å². The highest BCUT2D eigenvalue weighted by Crippen LogP contribution is 2.38. The number of carbonyl (C=O) groups is 3. The molecule has 1 saturated heterocycles. The molecule has 4 rings (SSSR count). The smallest absolute Gasteiger partial charge is 0.331 e. The molecule has 31 heavy (non-hydrogen) atoms. The Balaban J connectivity index is 1.81. The molecule has 1 fully saturated rings. The molecule has 0 saturated carbocycles. The fourth-order valence-corrected chi connectivity index (χ4v) is 4.27. The van der Waals surface area contributed by atoms with Crippen LogP contribution in [-0.2, 0) is 14.3 Å². The van der Waals surface area contributed by atoms with Crippen LogP contribution < -0.4 is 4.90 Å². The van der Waals surface area contributed by atoms with E-state index in [-0.39, 0.29) is 10.1 Å². The molecule has 0 aliphatic carbocycles. The molecule has 154 valence electrons. The molecule has 1 aliphatic heterocycles. The fraction of sp³-hybridized carbons (Fsp3) is 0.0435. The minimum atomic E-state index is -0.684. The Labute approximate surface area is 187 Å². The van der Waals surface area contributed by atoms with Gasteiger partial charge in [-0.25, -0.2) is 4.79 Å². The van der Waals surface area contributed by atoms with Gasteiger partial charge in [0.2, 0.25) is 0 Å². The SMILES string of the molecule is COC(=O)/C=C1\SC(=NC(=O)c2cccc3ccccc23)N(c2ccccc2Cl)C1=O. The third kappa shape index (κ3) is 4.10. The van der Waals surface area contributed by atoms with Crippen molar-refractivity contribution in [1.29, 1.82) is 0 Å². The van der Waals surface area contributed by atoms with Crippen molar-refractivity contribution in [2.75, 3.05) is 12.0 Å². The highest BCUT2D eigenvalue weighted by atomic mass is 35.5. The van der Waals surface area contributed by atoms with Crippen LogP contribution in [0.3, 0.4) is 0 Å². The van der Waals surface area contributed by atoms with Crippen molar-refractivity contribution in [3.05, 3.63) is 88.3 Å². The lowest BCUT2D eigenvalue weighted by molar-refractivity contribution is -0.135. The number of halogens is 1. The summed E-state index contributed by atoms with van der Waals surface area (Å²) in [5.74, 6) is -1.71. The van der Waals surface area contributed by atoms with Crippen molar-refractivity contribution in [3.8, 4) is 0 Å². The van der Waals surface area contributed by atoms with Gasteiger partial charge in [0.25, 0.3) is 11.8 Å². The molecule has 6 nitrogen and oxygen atoms in total. The molecule has 0 radical (unpaired) electrons. The van der Waals surface area contributed by atoms with Crippen molar-refractivity contribution in [2.45, 2.75) is 0 Å². The van der Waals surface area contributed by atoms with Gasteiger partial charge >= 0.3 is 5.97 Å². The van der Waals surface area contributed by atoms with E-state index in [0.29, 0.717) is 16.3 Å². The van der Waals surface area contributed by atoms with Crippen LogP contribution in [0.2, 0.25) is 5.02 Å². The van der Waals surface area contributed by atoms with Crippen LogP contribution in [-0.4, -0.2) is 30.1 Å². The summed E-state index contributed by atoms with van der Waals surface area (Å²) in [6.45, 7) is 0. The van der Waals surface area contributed by atoms with Gasteiger partial charge in [-0.2, -0.15) is 4.99 Å². The van der Waals surface area contributed by atoms with Gasteiger partial charge in [-0.15, -0.1) is 0 Å². The van der Waals surface area contributed by atoms with Crippen molar-refractivity contribution in [2.24, 2.45) is 4.99 Å². The number of anilines is 1. The van der Waals surface area contributed by atoms with E-state index < -0.39 is 17.8 Å². The number of hydrogen-bond acceptors (Lipinski definition) is 5. The maximum absolute atomic E-state index is 13.1. The Morgan fingerprint density at radius 2 is 1.74 bits per heavy atom. The second-order valence-corrected chi connectivity index (χ2v) is 7.87. The number of rotatable bonds is 3. The van der Waals surface area contributed by atoms with Crippen LogP contribution in [0.4, 0.5) is 5.69 Å². The van der Waals surface area contributed by atoms with E-state index in [4.69, 9.17) is 11.6 Å². The summed E-state index contributed by atoms with van der Waals surface area (Å²) < 4.78 is 4.63. The molecule has 3 aromatic rings. The van der Waals surface area contributed by atoms with E-state index >= 15 is 0 Å². The number of hydrogen-bond donors (Lipinski definition) is 0. The van der Waals surface area contributed by atoms with Crippen LogP contribution in [0.5, 0.6) is 0 Å². The normalized spacial score (nSPS) is 16.3. The molecule has 0 N–H and O–H groups in total. The van der Waals surface area contributed by atoms with E-state index in [1.807, 2.05) is 30.3 Å². The Bertz CT molecular complexity index is 1280. The largest absolute Gasteiger partial charge is 0.466 e. The number of aliphatic imine (C=N–C) groups is 1.